The fourth-order valence-electron chi connectivity index (χ4n) is 1.54. The quantitative estimate of drug-likeness (QED) is 0.611. The second-order valence-corrected chi connectivity index (χ2v) is 3.99. The first kappa shape index (κ1) is 15.4. The number of rotatable bonds is 9. The average molecular weight is 231 g/mol. The zero-order chi connectivity index (χ0) is 12.4. The molecule has 16 heavy (non-hydrogen) atoms. The first-order valence-electron chi connectivity index (χ1n) is 6.09. The van der Waals surface area contributed by atoms with Crippen LogP contribution in [-0.2, 0) is 9.53 Å². The SMILES string of the molecule is CCCCCCN(CCO)C(=O)C(C)OC. The maximum absolute atomic E-state index is 11.8. The van der Waals surface area contributed by atoms with Crippen molar-refractivity contribution in [3.8, 4) is 0 Å². The molecule has 0 aromatic rings. The summed E-state index contributed by atoms with van der Waals surface area (Å²) in [5, 5.41) is 8.91. The Hall–Kier alpha value is -0.610. The molecule has 0 saturated heterocycles. The molecule has 96 valence electrons. The van der Waals surface area contributed by atoms with Gasteiger partial charge in [-0.3, -0.25) is 4.79 Å². The number of nitrogens with zero attached hydrogens (tertiary/aromatic N) is 1. The highest BCUT2D eigenvalue weighted by Gasteiger charge is 2.18. The highest BCUT2D eigenvalue weighted by molar-refractivity contribution is 5.80. The first-order valence-corrected chi connectivity index (χ1v) is 6.09. The molecule has 0 aliphatic rings. The molecule has 0 heterocycles. The van der Waals surface area contributed by atoms with E-state index in [9.17, 15) is 4.79 Å². The minimum atomic E-state index is -0.419. The van der Waals surface area contributed by atoms with Crippen LogP contribution in [0.3, 0.4) is 0 Å². The fourth-order valence-corrected chi connectivity index (χ4v) is 1.54. The largest absolute Gasteiger partial charge is 0.395 e. The second kappa shape index (κ2) is 9.60. The van der Waals surface area contributed by atoms with Crippen molar-refractivity contribution >= 4 is 5.91 Å². The van der Waals surface area contributed by atoms with Gasteiger partial charge in [-0.2, -0.15) is 0 Å². The van der Waals surface area contributed by atoms with Crippen molar-refractivity contribution in [3.05, 3.63) is 0 Å². The molecule has 0 rings (SSSR count). The Kier molecular flexibility index (Phi) is 9.24. The molecule has 1 unspecified atom stereocenters. The standard InChI is InChI=1S/C12H25NO3/c1-4-5-6-7-8-13(9-10-14)12(15)11(2)16-3/h11,14H,4-10H2,1-3H3. The number of unbranched alkanes of at least 4 members (excludes halogenated alkanes) is 3. The zero-order valence-electron chi connectivity index (χ0n) is 10.7. The summed E-state index contributed by atoms with van der Waals surface area (Å²) in [4.78, 5) is 13.5. The average Bonchev–Trinajstić information content (AvgIpc) is 2.31. The molecular weight excluding hydrogens is 206 g/mol. The molecule has 0 saturated carbocycles. The third-order valence-corrected chi connectivity index (χ3v) is 2.66. The third-order valence-electron chi connectivity index (χ3n) is 2.66. The summed E-state index contributed by atoms with van der Waals surface area (Å²) in [5.74, 6) is -0.0342. The van der Waals surface area contributed by atoms with E-state index in [0.717, 1.165) is 12.8 Å². The molecule has 0 radical (unpaired) electrons. The van der Waals surface area contributed by atoms with E-state index < -0.39 is 6.10 Å². The van der Waals surface area contributed by atoms with Gasteiger partial charge in [-0.1, -0.05) is 26.2 Å². The highest BCUT2D eigenvalue weighted by atomic mass is 16.5. The molecule has 0 aliphatic heterocycles. The summed E-state index contributed by atoms with van der Waals surface area (Å²) >= 11 is 0. The number of carbonyl (C=O) groups is 1. The van der Waals surface area contributed by atoms with Crippen molar-refractivity contribution in [2.75, 3.05) is 26.8 Å². The lowest BCUT2D eigenvalue weighted by Gasteiger charge is -2.24. The molecule has 0 aromatic heterocycles. The number of hydrogen-bond acceptors (Lipinski definition) is 3. The molecule has 1 atom stereocenters. The van der Waals surface area contributed by atoms with Crippen LogP contribution in [0.4, 0.5) is 0 Å². The summed E-state index contributed by atoms with van der Waals surface area (Å²) in [6.45, 7) is 5.02. The lowest BCUT2D eigenvalue weighted by Crippen LogP contribution is -2.40. The maximum Gasteiger partial charge on any atom is 0.251 e. The van der Waals surface area contributed by atoms with Gasteiger partial charge in [0.1, 0.15) is 6.10 Å². The van der Waals surface area contributed by atoms with Crippen LogP contribution >= 0.6 is 0 Å². The predicted octanol–water partition coefficient (Wildman–Crippen LogP) is 1.42. The third kappa shape index (κ3) is 6.08. The van der Waals surface area contributed by atoms with E-state index in [0.29, 0.717) is 13.1 Å². The van der Waals surface area contributed by atoms with Crippen LogP contribution in [0.2, 0.25) is 0 Å². The summed E-state index contributed by atoms with van der Waals surface area (Å²) < 4.78 is 4.99. The Morgan fingerprint density at radius 1 is 1.31 bits per heavy atom. The van der Waals surface area contributed by atoms with Crippen LogP contribution in [0.5, 0.6) is 0 Å². The molecule has 4 nitrogen and oxygen atoms in total. The van der Waals surface area contributed by atoms with Gasteiger partial charge in [0.25, 0.3) is 5.91 Å². The van der Waals surface area contributed by atoms with Crippen LogP contribution in [0, 0.1) is 0 Å². The monoisotopic (exact) mass is 231 g/mol. The number of carbonyl (C=O) groups excluding carboxylic acids is 1. The van der Waals surface area contributed by atoms with E-state index in [-0.39, 0.29) is 12.5 Å². The first-order chi connectivity index (χ1) is 7.67. The Labute approximate surface area is 98.6 Å². The van der Waals surface area contributed by atoms with Gasteiger partial charge in [0.2, 0.25) is 0 Å². The minimum Gasteiger partial charge on any atom is -0.395 e. The number of methoxy groups -OCH3 is 1. The number of ether oxygens (including phenoxy) is 1. The van der Waals surface area contributed by atoms with Crippen LogP contribution in [0.15, 0.2) is 0 Å². The molecule has 0 aliphatic carbocycles. The fraction of sp³-hybridized carbons (Fsp3) is 0.917. The molecule has 0 aromatic carbocycles. The normalized spacial score (nSPS) is 12.5. The lowest BCUT2D eigenvalue weighted by molar-refractivity contribution is -0.141. The maximum atomic E-state index is 11.8. The number of aliphatic hydroxyl groups is 1. The Morgan fingerprint density at radius 3 is 2.50 bits per heavy atom. The summed E-state index contributed by atoms with van der Waals surface area (Å²) in [6, 6.07) is 0. The van der Waals surface area contributed by atoms with E-state index >= 15 is 0 Å². The van der Waals surface area contributed by atoms with Crippen LogP contribution in [0.25, 0.3) is 0 Å². The lowest BCUT2D eigenvalue weighted by atomic mass is 10.2. The number of hydrogen-bond donors (Lipinski definition) is 1. The Morgan fingerprint density at radius 2 is 2.00 bits per heavy atom. The van der Waals surface area contributed by atoms with Crippen molar-refractivity contribution in [3.63, 3.8) is 0 Å². The molecule has 0 bridgehead atoms. The molecule has 0 spiro atoms. The van der Waals surface area contributed by atoms with Gasteiger partial charge in [0, 0.05) is 20.2 Å². The van der Waals surface area contributed by atoms with E-state index in [1.807, 2.05) is 0 Å². The molecular formula is C12H25NO3. The van der Waals surface area contributed by atoms with Crippen molar-refractivity contribution in [2.24, 2.45) is 0 Å². The Balaban J connectivity index is 4.00. The summed E-state index contributed by atoms with van der Waals surface area (Å²) in [5.41, 5.74) is 0. The highest BCUT2D eigenvalue weighted by Crippen LogP contribution is 2.04. The zero-order valence-corrected chi connectivity index (χ0v) is 10.7. The van der Waals surface area contributed by atoms with Gasteiger partial charge in [-0.25, -0.2) is 0 Å². The molecule has 4 heteroatoms. The Bertz CT molecular complexity index is 185. The number of aliphatic hydroxyl groups excluding tert-OH is 1. The van der Waals surface area contributed by atoms with Crippen molar-refractivity contribution in [1.82, 2.24) is 4.90 Å². The van der Waals surface area contributed by atoms with E-state index in [4.69, 9.17) is 9.84 Å². The van der Waals surface area contributed by atoms with Gasteiger partial charge in [0.15, 0.2) is 0 Å². The van der Waals surface area contributed by atoms with Gasteiger partial charge < -0.3 is 14.7 Å². The smallest absolute Gasteiger partial charge is 0.251 e. The van der Waals surface area contributed by atoms with E-state index in [1.54, 1.807) is 11.8 Å². The van der Waals surface area contributed by atoms with Gasteiger partial charge in [-0.15, -0.1) is 0 Å². The predicted molar refractivity (Wildman–Crippen MR) is 64.3 cm³/mol. The van der Waals surface area contributed by atoms with Crippen molar-refractivity contribution < 1.29 is 14.6 Å². The number of amides is 1. The van der Waals surface area contributed by atoms with E-state index in [1.165, 1.54) is 20.0 Å². The molecule has 1 N–H and O–H groups in total. The van der Waals surface area contributed by atoms with Crippen LogP contribution < -0.4 is 0 Å². The summed E-state index contributed by atoms with van der Waals surface area (Å²) in [7, 11) is 1.52. The van der Waals surface area contributed by atoms with Crippen molar-refractivity contribution in [2.45, 2.75) is 45.6 Å². The van der Waals surface area contributed by atoms with Crippen LogP contribution in [0.1, 0.15) is 39.5 Å². The molecule has 1 amide bonds. The summed E-state index contributed by atoms with van der Waals surface area (Å²) in [6.07, 6.45) is 4.09. The van der Waals surface area contributed by atoms with Gasteiger partial charge in [-0.05, 0) is 13.3 Å². The topological polar surface area (TPSA) is 49.8 Å². The second-order valence-electron chi connectivity index (χ2n) is 3.99. The van der Waals surface area contributed by atoms with Gasteiger partial charge >= 0.3 is 0 Å². The van der Waals surface area contributed by atoms with Gasteiger partial charge in [0.05, 0.1) is 6.61 Å². The van der Waals surface area contributed by atoms with Crippen LogP contribution in [-0.4, -0.2) is 48.8 Å². The molecule has 0 fully saturated rings. The van der Waals surface area contributed by atoms with E-state index in [2.05, 4.69) is 6.92 Å². The minimum absolute atomic E-state index is 0.00987. The van der Waals surface area contributed by atoms with Crippen molar-refractivity contribution in [1.29, 1.82) is 0 Å².